The summed E-state index contributed by atoms with van der Waals surface area (Å²) >= 11 is 0. The second-order valence-corrected chi connectivity index (χ2v) is 2.84. The average molecular weight is 238 g/mol. The van der Waals surface area contributed by atoms with Crippen molar-refractivity contribution in [3.05, 3.63) is 5.08 Å². The van der Waals surface area contributed by atoms with E-state index in [1.165, 1.54) is 5.01 Å². The molecule has 0 spiro atoms. The summed E-state index contributed by atoms with van der Waals surface area (Å²) in [6.45, 7) is 5.63. The molecule has 0 aromatic carbocycles. The lowest BCUT2D eigenvalue weighted by Gasteiger charge is -2.28. The summed E-state index contributed by atoms with van der Waals surface area (Å²) in [5, 5.41) is 13.3. The van der Waals surface area contributed by atoms with Gasteiger partial charge in [-0.3, -0.25) is 0 Å². The Morgan fingerprint density at radius 1 is 1.40 bits per heavy atom. The Kier molecular flexibility index (Phi) is 7.34. The van der Waals surface area contributed by atoms with Crippen LogP contribution in [0.1, 0.15) is 13.8 Å². The van der Waals surface area contributed by atoms with Crippen molar-refractivity contribution in [3.8, 4) is 0 Å². The largest absolute Gasteiger partial charge is 1.00 e. The molecule has 0 aromatic heterocycles. The first-order chi connectivity index (χ1) is 6.81. The number of diazo groups is 1. The Morgan fingerprint density at radius 2 is 2.07 bits per heavy atom. The molecule has 2 atom stereocenters. The van der Waals surface area contributed by atoms with Gasteiger partial charge in [0.1, 0.15) is 13.2 Å². The maximum Gasteiger partial charge on any atom is 0.308 e. The summed E-state index contributed by atoms with van der Waals surface area (Å²) in [5.41, 5.74) is 0. The van der Waals surface area contributed by atoms with Gasteiger partial charge >= 0.3 is 5.08 Å². The third kappa shape index (κ3) is 4.18. The molecule has 15 heavy (non-hydrogen) atoms. The number of hydrogen-bond acceptors (Lipinski definition) is 5. The molecule has 2 unspecified atom stereocenters. The Balaban J connectivity index is 0.00000196. The van der Waals surface area contributed by atoms with Crippen LogP contribution in [-0.2, 0) is 14.2 Å². The smallest absolute Gasteiger partial charge is 0.308 e. The molecule has 1 fully saturated rings. The van der Waals surface area contributed by atoms with Crippen molar-refractivity contribution in [1.82, 2.24) is 5.01 Å². The van der Waals surface area contributed by atoms with Gasteiger partial charge in [0.15, 0.2) is 6.29 Å². The van der Waals surface area contributed by atoms with Gasteiger partial charge in [-0.15, -0.1) is 0 Å². The summed E-state index contributed by atoms with van der Waals surface area (Å²) in [6.07, 6.45) is -0.658. The van der Waals surface area contributed by atoms with Crippen molar-refractivity contribution in [2.45, 2.75) is 26.4 Å². The van der Waals surface area contributed by atoms with Gasteiger partial charge in [-0.05, 0) is 13.8 Å². The number of rotatable bonds is 4. The fourth-order valence-corrected chi connectivity index (χ4v) is 1.31. The van der Waals surface area contributed by atoms with E-state index in [0.29, 0.717) is 26.4 Å². The average Bonchev–Trinajstić information content (AvgIpc) is 2.21. The number of ether oxygens (including phenoxy) is 3. The molecule has 1 saturated heterocycles. The number of nitrogens with zero attached hydrogens (tertiary/aromatic N) is 3. The fraction of sp³-hybridized carbons (Fsp3) is 1.00. The molecule has 0 N–H and O–H groups in total. The Hall–Kier alpha value is -0.610. The van der Waals surface area contributed by atoms with E-state index in [1.54, 1.807) is 0 Å². The van der Waals surface area contributed by atoms with Crippen molar-refractivity contribution >= 4 is 0 Å². The van der Waals surface area contributed by atoms with Crippen molar-refractivity contribution in [3.63, 3.8) is 0 Å². The summed E-state index contributed by atoms with van der Waals surface area (Å²) in [7, 11) is 0. The highest BCUT2D eigenvalue weighted by Crippen LogP contribution is 2.14. The van der Waals surface area contributed by atoms with Crippen LogP contribution in [0.4, 0.5) is 0 Å². The van der Waals surface area contributed by atoms with Gasteiger partial charge in [-0.25, -0.2) is 0 Å². The van der Waals surface area contributed by atoms with Crippen molar-refractivity contribution in [2.24, 2.45) is 0 Å². The van der Waals surface area contributed by atoms with Gasteiger partial charge < -0.3 is 26.6 Å². The van der Waals surface area contributed by atoms with Crippen molar-refractivity contribution in [2.75, 3.05) is 26.4 Å². The van der Waals surface area contributed by atoms with Crippen LogP contribution in [0.2, 0.25) is 0 Å². The van der Waals surface area contributed by atoms with Crippen LogP contribution in [0, 0.1) is 5.39 Å². The standard InChI is InChI=1S/C8H16N3O3.ClH/c1-3-12-7-6-14-8(13-4-2)5-11(7)10-9;/h7-8H,3-6H2,1-2H3;1H/q+1;/p-1. The van der Waals surface area contributed by atoms with Gasteiger partial charge in [0.2, 0.25) is 6.23 Å². The van der Waals surface area contributed by atoms with Crippen LogP contribution in [0.3, 0.4) is 0 Å². The molecule has 7 heteroatoms. The van der Waals surface area contributed by atoms with E-state index in [-0.39, 0.29) is 24.9 Å². The SMILES string of the molecule is CCOC1CN([N+]#N)C(OCC)CO1.[Cl-]. The molecule has 1 heterocycles. The second-order valence-electron chi connectivity index (χ2n) is 2.84. The van der Waals surface area contributed by atoms with Gasteiger partial charge in [-0.1, -0.05) is 0 Å². The van der Waals surface area contributed by atoms with Crippen LogP contribution in [-0.4, -0.2) is 43.9 Å². The third-order valence-electron chi connectivity index (χ3n) is 1.92. The summed E-state index contributed by atoms with van der Waals surface area (Å²) in [5.74, 6) is 0. The molecule has 1 rings (SSSR count). The minimum Gasteiger partial charge on any atom is -1.00 e. The first-order valence-electron chi connectivity index (χ1n) is 4.78. The van der Waals surface area contributed by atoms with E-state index in [2.05, 4.69) is 5.08 Å². The molecule has 0 aromatic rings. The maximum atomic E-state index is 8.73. The normalized spacial score (nSPS) is 25.5. The minimum atomic E-state index is -0.340. The van der Waals surface area contributed by atoms with Crippen LogP contribution in [0.15, 0.2) is 0 Å². The topological polar surface area (TPSA) is 59.1 Å². The highest BCUT2D eigenvalue weighted by molar-refractivity contribution is 4.71. The van der Waals surface area contributed by atoms with Gasteiger partial charge in [0, 0.05) is 18.2 Å². The van der Waals surface area contributed by atoms with E-state index >= 15 is 0 Å². The summed E-state index contributed by atoms with van der Waals surface area (Å²) in [4.78, 5) is 0. The predicted molar refractivity (Wildman–Crippen MR) is 48.6 cm³/mol. The van der Waals surface area contributed by atoms with E-state index < -0.39 is 0 Å². The lowest BCUT2D eigenvalue weighted by atomic mass is 10.4. The van der Waals surface area contributed by atoms with Crippen LogP contribution in [0.5, 0.6) is 0 Å². The quantitative estimate of drug-likeness (QED) is 0.521. The first kappa shape index (κ1) is 14.4. The maximum absolute atomic E-state index is 8.73. The van der Waals surface area contributed by atoms with Gasteiger partial charge in [0.05, 0.1) is 0 Å². The van der Waals surface area contributed by atoms with Gasteiger partial charge in [-0.2, -0.15) is 0 Å². The van der Waals surface area contributed by atoms with Crippen LogP contribution < -0.4 is 12.4 Å². The Labute approximate surface area is 95.5 Å². The van der Waals surface area contributed by atoms with Gasteiger partial charge in [0.25, 0.3) is 5.39 Å². The molecule has 1 aliphatic heterocycles. The monoisotopic (exact) mass is 237 g/mol. The lowest BCUT2D eigenvalue weighted by Crippen LogP contribution is -3.00. The molecule has 0 radical (unpaired) electrons. The molecule has 1 aliphatic rings. The molecular formula is C8H16ClN3O3. The first-order valence-corrected chi connectivity index (χ1v) is 4.78. The molecule has 0 amide bonds. The van der Waals surface area contributed by atoms with E-state index in [0.717, 1.165) is 0 Å². The molecular weight excluding hydrogens is 222 g/mol. The third-order valence-corrected chi connectivity index (χ3v) is 1.92. The molecule has 6 nitrogen and oxygen atoms in total. The second kappa shape index (κ2) is 7.65. The molecule has 0 bridgehead atoms. The van der Waals surface area contributed by atoms with E-state index in [4.69, 9.17) is 19.6 Å². The Morgan fingerprint density at radius 3 is 2.60 bits per heavy atom. The van der Waals surface area contributed by atoms with E-state index in [9.17, 15) is 0 Å². The molecule has 0 aliphatic carbocycles. The molecule has 88 valence electrons. The highest BCUT2D eigenvalue weighted by Gasteiger charge is 2.36. The number of morpholine rings is 1. The predicted octanol–water partition coefficient (Wildman–Crippen LogP) is -2.18. The van der Waals surface area contributed by atoms with Crippen LogP contribution in [0.25, 0.3) is 5.08 Å². The minimum absolute atomic E-state index is 0. The summed E-state index contributed by atoms with van der Waals surface area (Å²) in [6, 6.07) is 0. The zero-order valence-electron chi connectivity index (χ0n) is 8.93. The van der Waals surface area contributed by atoms with Crippen molar-refractivity contribution < 1.29 is 26.6 Å². The summed E-state index contributed by atoms with van der Waals surface area (Å²) < 4.78 is 15.9. The fourth-order valence-electron chi connectivity index (χ4n) is 1.31. The Bertz CT molecular complexity index is 212. The number of hydrogen-bond donors (Lipinski definition) is 0. The zero-order chi connectivity index (χ0) is 10.4. The van der Waals surface area contributed by atoms with Crippen molar-refractivity contribution in [1.29, 1.82) is 5.39 Å². The molecule has 0 saturated carbocycles. The highest BCUT2D eigenvalue weighted by atomic mass is 35.5. The van der Waals surface area contributed by atoms with Crippen LogP contribution >= 0.6 is 0 Å². The van der Waals surface area contributed by atoms with E-state index in [1.807, 2.05) is 13.8 Å². The zero-order valence-corrected chi connectivity index (χ0v) is 9.68. The lowest BCUT2D eigenvalue weighted by molar-refractivity contribution is -0.227. The number of halogens is 1.